The Balaban J connectivity index is 1.77. The van der Waals surface area contributed by atoms with Gasteiger partial charge in [0.25, 0.3) is 0 Å². The van der Waals surface area contributed by atoms with Crippen molar-refractivity contribution in [2.75, 3.05) is 12.8 Å². The van der Waals surface area contributed by atoms with Crippen molar-refractivity contribution in [1.29, 1.82) is 0 Å². The van der Waals surface area contributed by atoms with E-state index in [0.717, 1.165) is 30.6 Å². The number of nitrogens with one attached hydrogen (secondary N) is 2. The second kappa shape index (κ2) is 8.19. The number of hydrogen-bond donors (Lipinski definition) is 3. The molecule has 22 heavy (non-hydrogen) atoms. The first-order valence-corrected chi connectivity index (χ1v) is 8.73. The van der Waals surface area contributed by atoms with Gasteiger partial charge >= 0.3 is 11.8 Å². The van der Waals surface area contributed by atoms with Crippen LogP contribution in [0.5, 0.6) is 0 Å². The van der Waals surface area contributed by atoms with E-state index < -0.39 is 17.9 Å². The van der Waals surface area contributed by atoms with Crippen LogP contribution in [0.1, 0.15) is 37.4 Å². The molecule has 1 atom stereocenters. The summed E-state index contributed by atoms with van der Waals surface area (Å²) in [6.07, 6.45) is 5.22. The van der Waals surface area contributed by atoms with Gasteiger partial charge in [-0.2, -0.15) is 0 Å². The quantitative estimate of drug-likeness (QED) is 0.568. The molecule has 0 spiro atoms. The van der Waals surface area contributed by atoms with Crippen molar-refractivity contribution in [1.82, 2.24) is 10.6 Å². The zero-order valence-corrected chi connectivity index (χ0v) is 13.5. The summed E-state index contributed by atoms with van der Waals surface area (Å²) in [5, 5.41) is 15.2. The SMILES string of the molecule is CSc1ccc(C(O)CNC(=O)C(=O)NC2CCCC2)cc1. The molecule has 3 N–H and O–H groups in total. The first-order valence-electron chi connectivity index (χ1n) is 7.51. The van der Waals surface area contributed by atoms with E-state index >= 15 is 0 Å². The molecule has 6 heteroatoms. The van der Waals surface area contributed by atoms with Crippen molar-refractivity contribution >= 4 is 23.6 Å². The first-order chi connectivity index (χ1) is 10.6. The van der Waals surface area contributed by atoms with E-state index in [2.05, 4.69) is 10.6 Å². The lowest BCUT2D eigenvalue weighted by Gasteiger charge is -2.14. The van der Waals surface area contributed by atoms with Gasteiger partial charge in [-0.1, -0.05) is 25.0 Å². The van der Waals surface area contributed by atoms with Crippen molar-refractivity contribution in [3.8, 4) is 0 Å². The van der Waals surface area contributed by atoms with Gasteiger partial charge in [0.15, 0.2) is 0 Å². The Morgan fingerprint density at radius 3 is 2.45 bits per heavy atom. The Morgan fingerprint density at radius 2 is 1.86 bits per heavy atom. The number of amides is 2. The number of benzene rings is 1. The molecule has 0 bridgehead atoms. The van der Waals surface area contributed by atoms with Crippen LogP contribution < -0.4 is 10.6 Å². The molecule has 0 radical (unpaired) electrons. The summed E-state index contributed by atoms with van der Waals surface area (Å²) in [4.78, 5) is 24.6. The lowest BCUT2D eigenvalue weighted by atomic mass is 10.1. The predicted octanol–water partition coefficient (Wildman–Crippen LogP) is 1.62. The highest BCUT2D eigenvalue weighted by Gasteiger charge is 2.21. The van der Waals surface area contributed by atoms with E-state index in [1.807, 2.05) is 30.5 Å². The number of aliphatic hydroxyl groups is 1. The van der Waals surface area contributed by atoms with E-state index in [1.165, 1.54) is 0 Å². The molecule has 2 rings (SSSR count). The zero-order valence-electron chi connectivity index (χ0n) is 12.7. The standard InChI is InChI=1S/C16H22N2O3S/c1-22-13-8-6-11(7-9-13)14(19)10-17-15(20)16(21)18-12-4-2-3-5-12/h6-9,12,14,19H,2-5,10H2,1H3,(H,17,20)(H,18,21). The Bertz CT molecular complexity index is 513. The van der Waals surface area contributed by atoms with E-state index in [-0.39, 0.29) is 12.6 Å². The Morgan fingerprint density at radius 1 is 1.23 bits per heavy atom. The fraction of sp³-hybridized carbons (Fsp3) is 0.500. The second-order valence-electron chi connectivity index (χ2n) is 5.45. The monoisotopic (exact) mass is 322 g/mol. The summed E-state index contributed by atoms with van der Waals surface area (Å²) in [5.41, 5.74) is 0.717. The number of hydrogen-bond acceptors (Lipinski definition) is 4. The first kappa shape index (κ1) is 16.8. The summed E-state index contributed by atoms with van der Waals surface area (Å²) in [5.74, 6) is -1.30. The van der Waals surface area contributed by atoms with Crippen LogP contribution in [0.2, 0.25) is 0 Å². The minimum absolute atomic E-state index is 0.0233. The molecule has 1 aromatic rings. The third-order valence-electron chi connectivity index (χ3n) is 3.85. The maximum absolute atomic E-state index is 11.7. The predicted molar refractivity (Wildman–Crippen MR) is 86.6 cm³/mol. The summed E-state index contributed by atoms with van der Waals surface area (Å²) in [7, 11) is 0. The van der Waals surface area contributed by atoms with Gasteiger partial charge in [0.2, 0.25) is 0 Å². The van der Waals surface area contributed by atoms with Crippen molar-refractivity contribution in [3.05, 3.63) is 29.8 Å². The summed E-state index contributed by atoms with van der Waals surface area (Å²) >= 11 is 1.62. The van der Waals surface area contributed by atoms with Gasteiger partial charge in [-0.15, -0.1) is 11.8 Å². The van der Waals surface area contributed by atoms with Crippen LogP contribution in [0, 0.1) is 0 Å². The van der Waals surface area contributed by atoms with Gasteiger partial charge in [0.05, 0.1) is 6.10 Å². The normalized spacial score (nSPS) is 16.3. The molecule has 2 amide bonds. The van der Waals surface area contributed by atoms with Crippen LogP contribution >= 0.6 is 11.8 Å². The van der Waals surface area contributed by atoms with Crippen molar-refractivity contribution < 1.29 is 14.7 Å². The van der Waals surface area contributed by atoms with E-state index in [1.54, 1.807) is 11.8 Å². The van der Waals surface area contributed by atoms with Crippen LogP contribution in [-0.4, -0.2) is 35.8 Å². The number of aliphatic hydroxyl groups excluding tert-OH is 1. The summed E-state index contributed by atoms with van der Waals surface area (Å²) in [6, 6.07) is 7.58. The molecule has 0 saturated heterocycles. The van der Waals surface area contributed by atoms with Crippen LogP contribution in [0.25, 0.3) is 0 Å². The number of thioether (sulfide) groups is 1. The molecule has 1 aliphatic rings. The summed E-state index contributed by atoms with van der Waals surface area (Å²) < 4.78 is 0. The van der Waals surface area contributed by atoms with Gasteiger partial charge in [0, 0.05) is 17.5 Å². The van der Waals surface area contributed by atoms with Gasteiger partial charge < -0.3 is 15.7 Å². The molecule has 1 saturated carbocycles. The van der Waals surface area contributed by atoms with Gasteiger partial charge in [-0.3, -0.25) is 9.59 Å². The van der Waals surface area contributed by atoms with Crippen LogP contribution in [0.15, 0.2) is 29.2 Å². The maximum Gasteiger partial charge on any atom is 0.309 e. The minimum Gasteiger partial charge on any atom is -0.387 e. The van der Waals surface area contributed by atoms with E-state index in [0.29, 0.717) is 5.56 Å². The smallest absolute Gasteiger partial charge is 0.309 e. The van der Waals surface area contributed by atoms with E-state index in [4.69, 9.17) is 0 Å². The molecule has 120 valence electrons. The number of carbonyl (C=O) groups excluding carboxylic acids is 2. The van der Waals surface area contributed by atoms with E-state index in [9.17, 15) is 14.7 Å². The third-order valence-corrected chi connectivity index (χ3v) is 4.60. The third kappa shape index (κ3) is 4.74. The fourth-order valence-electron chi connectivity index (χ4n) is 2.53. The molecular weight excluding hydrogens is 300 g/mol. The average molecular weight is 322 g/mol. The molecule has 1 aliphatic carbocycles. The molecular formula is C16H22N2O3S. The van der Waals surface area contributed by atoms with Crippen LogP contribution in [0.3, 0.4) is 0 Å². The highest BCUT2D eigenvalue weighted by Crippen LogP contribution is 2.19. The molecule has 1 unspecified atom stereocenters. The largest absolute Gasteiger partial charge is 0.387 e. The van der Waals surface area contributed by atoms with Gasteiger partial charge in [-0.25, -0.2) is 0 Å². The zero-order chi connectivity index (χ0) is 15.9. The van der Waals surface area contributed by atoms with Crippen molar-refractivity contribution in [3.63, 3.8) is 0 Å². The van der Waals surface area contributed by atoms with Gasteiger partial charge in [-0.05, 0) is 36.8 Å². The fourth-order valence-corrected chi connectivity index (χ4v) is 2.94. The Hall–Kier alpha value is -1.53. The highest BCUT2D eigenvalue weighted by atomic mass is 32.2. The topological polar surface area (TPSA) is 78.4 Å². The lowest BCUT2D eigenvalue weighted by Crippen LogP contribution is -2.44. The molecule has 1 fully saturated rings. The molecule has 0 aromatic heterocycles. The Kier molecular flexibility index (Phi) is 6.27. The maximum atomic E-state index is 11.7. The lowest BCUT2D eigenvalue weighted by molar-refractivity contribution is -0.139. The number of rotatable bonds is 5. The highest BCUT2D eigenvalue weighted by molar-refractivity contribution is 7.98. The molecule has 0 aliphatic heterocycles. The summed E-state index contributed by atoms with van der Waals surface area (Å²) in [6.45, 7) is 0.0233. The molecule has 0 heterocycles. The minimum atomic E-state index is -0.820. The molecule has 5 nitrogen and oxygen atoms in total. The van der Waals surface area contributed by atoms with Gasteiger partial charge in [0.1, 0.15) is 0 Å². The number of carbonyl (C=O) groups is 2. The molecule has 1 aromatic carbocycles. The average Bonchev–Trinajstić information content (AvgIpc) is 3.05. The second-order valence-corrected chi connectivity index (χ2v) is 6.33. The van der Waals surface area contributed by atoms with Crippen molar-refractivity contribution in [2.45, 2.75) is 42.7 Å². The van der Waals surface area contributed by atoms with Crippen LogP contribution in [0.4, 0.5) is 0 Å². The Labute approximate surface area is 134 Å². The van der Waals surface area contributed by atoms with Crippen molar-refractivity contribution in [2.24, 2.45) is 0 Å². The van der Waals surface area contributed by atoms with Crippen LogP contribution in [-0.2, 0) is 9.59 Å².